The van der Waals surface area contributed by atoms with Crippen LogP contribution >= 0.6 is 0 Å². The van der Waals surface area contributed by atoms with Gasteiger partial charge < -0.3 is 10.5 Å². The Morgan fingerprint density at radius 2 is 2.38 bits per heavy atom. The van der Waals surface area contributed by atoms with Crippen LogP contribution in [0.1, 0.15) is 17.0 Å². The molecule has 2 N–H and O–H groups in total. The Morgan fingerprint density at radius 3 is 3.08 bits per heavy atom. The zero-order chi connectivity index (χ0) is 9.42. The average Bonchev–Trinajstić information content (AvgIpc) is 2.10. The van der Waals surface area contributed by atoms with E-state index in [0.717, 1.165) is 12.0 Å². The Bertz CT molecular complexity index is 360. The summed E-state index contributed by atoms with van der Waals surface area (Å²) in [6.45, 7) is 0. The fraction of sp³-hybridized carbons (Fsp3) is 0.300. The zero-order valence-corrected chi connectivity index (χ0v) is 7.41. The molecule has 0 aliphatic heterocycles. The molecule has 1 aliphatic rings. The van der Waals surface area contributed by atoms with E-state index >= 15 is 0 Å². The maximum atomic E-state index is 11.2. The highest BCUT2D eigenvalue weighted by molar-refractivity contribution is 5.82. The third-order valence-corrected chi connectivity index (χ3v) is 2.46. The van der Waals surface area contributed by atoms with Gasteiger partial charge in [-0.15, -0.1) is 0 Å². The van der Waals surface area contributed by atoms with Gasteiger partial charge in [-0.3, -0.25) is 4.79 Å². The van der Waals surface area contributed by atoms with Gasteiger partial charge in [-0.25, -0.2) is 0 Å². The highest BCUT2D eigenvalue weighted by Gasteiger charge is 2.32. The molecule has 0 bridgehead atoms. The third-order valence-electron chi connectivity index (χ3n) is 2.46. The summed E-state index contributed by atoms with van der Waals surface area (Å²) in [5.41, 5.74) is 8.53. The largest absolute Gasteiger partial charge is 0.469 e. The van der Waals surface area contributed by atoms with Crippen molar-refractivity contribution in [2.75, 3.05) is 12.8 Å². The number of benzene rings is 1. The Hall–Kier alpha value is -1.51. The Balaban J connectivity index is 2.30. The molecule has 2 rings (SSSR count). The quantitative estimate of drug-likeness (QED) is 0.516. The number of nitrogen functional groups attached to an aromatic ring is 1. The lowest BCUT2D eigenvalue weighted by atomic mass is 9.77. The number of esters is 1. The molecule has 0 aromatic heterocycles. The van der Waals surface area contributed by atoms with Crippen LogP contribution in [0.5, 0.6) is 0 Å². The molecule has 13 heavy (non-hydrogen) atoms. The molecule has 0 saturated carbocycles. The van der Waals surface area contributed by atoms with Gasteiger partial charge in [0.1, 0.15) is 0 Å². The normalized spacial score (nSPS) is 18.7. The molecule has 1 aromatic rings. The van der Waals surface area contributed by atoms with E-state index in [1.165, 1.54) is 12.7 Å². The second-order valence-electron chi connectivity index (χ2n) is 3.24. The number of anilines is 1. The monoisotopic (exact) mass is 177 g/mol. The number of hydrogen-bond donors (Lipinski definition) is 1. The lowest BCUT2D eigenvalue weighted by Gasteiger charge is -2.27. The molecule has 3 heteroatoms. The van der Waals surface area contributed by atoms with Crippen LogP contribution in [0, 0.1) is 0 Å². The molecule has 3 nitrogen and oxygen atoms in total. The van der Waals surface area contributed by atoms with Crippen LogP contribution < -0.4 is 5.73 Å². The summed E-state index contributed by atoms with van der Waals surface area (Å²) in [6, 6.07) is 5.66. The molecule has 0 amide bonds. The van der Waals surface area contributed by atoms with Gasteiger partial charge in [0.15, 0.2) is 0 Å². The average molecular weight is 177 g/mol. The lowest BCUT2D eigenvalue weighted by molar-refractivity contribution is -0.143. The van der Waals surface area contributed by atoms with Gasteiger partial charge in [0.25, 0.3) is 0 Å². The number of methoxy groups -OCH3 is 1. The molecule has 0 spiro atoms. The first-order valence-electron chi connectivity index (χ1n) is 4.18. The van der Waals surface area contributed by atoms with Crippen molar-refractivity contribution in [2.45, 2.75) is 12.3 Å². The molecular formula is C10H11NO2. The SMILES string of the molecule is COC(=O)C1Cc2ccc(N)cc21. The van der Waals surface area contributed by atoms with Crippen LogP contribution in [0.25, 0.3) is 0 Å². The molecule has 1 atom stereocenters. The van der Waals surface area contributed by atoms with Crippen LogP contribution in [-0.4, -0.2) is 13.1 Å². The van der Waals surface area contributed by atoms with E-state index in [2.05, 4.69) is 4.74 Å². The van der Waals surface area contributed by atoms with Crippen molar-refractivity contribution in [2.24, 2.45) is 0 Å². The molecule has 0 heterocycles. The first kappa shape index (κ1) is 8.10. The summed E-state index contributed by atoms with van der Waals surface area (Å²) >= 11 is 0. The van der Waals surface area contributed by atoms with Crippen molar-refractivity contribution >= 4 is 11.7 Å². The van der Waals surface area contributed by atoms with E-state index in [-0.39, 0.29) is 11.9 Å². The van der Waals surface area contributed by atoms with E-state index in [1.54, 1.807) is 0 Å². The molecule has 1 unspecified atom stereocenters. The molecule has 68 valence electrons. The summed E-state index contributed by atoms with van der Waals surface area (Å²) in [5, 5.41) is 0. The van der Waals surface area contributed by atoms with Crippen molar-refractivity contribution in [3.05, 3.63) is 29.3 Å². The number of ether oxygens (including phenoxy) is 1. The first-order valence-corrected chi connectivity index (χ1v) is 4.18. The van der Waals surface area contributed by atoms with Gasteiger partial charge in [-0.1, -0.05) is 6.07 Å². The summed E-state index contributed by atoms with van der Waals surface area (Å²) in [5.74, 6) is -0.262. The summed E-state index contributed by atoms with van der Waals surface area (Å²) < 4.78 is 4.67. The number of rotatable bonds is 1. The second kappa shape index (κ2) is 2.76. The second-order valence-corrected chi connectivity index (χ2v) is 3.24. The maximum Gasteiger partial charge on any atom is 0.313 e. The first-order chi connectivity index (χ1) is 6.22. The molecular weight excluding hydrogens is 166 g/mol. The number of nitrogens with two attached hydrogens (primary N) is 1. The molecule has 1 aliphatic carbocycles. The van der Waals surface area contributed by atoms with Gasteiger partial charge in [0.05, 0.1) is 13.0 Å². The van der Waals surface area contributed by atoms with Crippen LogP contribution in [-0.2, 0) is 16.0 Å². The van der Waals surface area contributed by atoms with E-state index in [4.69, 9.17) is 5.73 Å². The van der Waals surface area contributed by atoms with Crippen molar-refractivity contribution in [1.82, 2.24) is 0 Å². The number of carbonyl (C=O) groups is 1. The van der Waals surface area contributed by atoms with Crippen molar-refractivity contribution in [3.8, 4) is 0 Å². The van der Waals surface area contributed by atoms with Gasteiger partial charge in [-0.2, -0.15) is 0 Å². The molecule has 1 aromatic carbocycles. The van der Waals surface area contributed by atoms with Crippen LogP contribution in [0.15, 0.2) is 18.2 Å². The fourth-order valence-corrected chi connectivity index (χ4v) is 1.68. The topological polar surface area (TPSA) is 52.3 Å². The van der Waals surface area contributed by atoms with Crippen LogP contribution in [0.3, 0.4) is 0 Å². The minimum atomic E-state index is -0.168. The fourth-order valence-electron chi connectivity index (χ4n) is 1.68. The summed E-state index contributed by atoms with van der Waals surface area (Å²) in [6.07, 6.45) is 0.780. The summed E-state index contributed by atoms with van der Waals surface area (Å²) in [4.78, 5) is 11.2. The Labute approximate surface area is 76.5 Å². The van der Waals surface area contributed by atoms with E-state index < -0.39 is 0 Å². The number of hydrogen-bond acceptors (Lipinski definition) is 3. The lowest BCUT2D eigenvalue weighted by Crippen LogP contribution is -2.26. The van der Waals surface area contributed by atoms with E-state index in [9.17, 15) is 4.79 Å². The predicted molar refractivity (Wildman–Crippen MR) is 49.3 cm³/mol. The van der Waals surface area contributed by atoms with Crippen molar-refractivity contribution in [3.63, 3.8) is 0 Å². The summed E-state index contributed by atoms with van der Waals surface area (Å²) in [7, 11) is 1.41. The molecule has 0 fully saturated rings. The zero-order valence-electron chi connectivity index (χ0n) is 7.41. The maximum absolute atomic E-state index is 11.2. The van der Waals surface area contributed by atoms with Crippen molar-refractivity contribution < 1.29 is 9.53 Å². The van der Waals surface area contributed by atoms with Gasteiger partial charge in [0.2, 0.25) is 0 Å². The minimum Gasteiger partial charge on any atom is -0.469 e. The minimum absolute atomic E-state index is 0.0940. The Kier molecular flexibility index (Phi) is 1.72. The predicted octanol–water partition coefficient (Wildman–Crippen LogP) is 1.08. The number of fused-ring (bicyclic) bond motifs is 1. The molecule has 0 saturated heterocycles. The van der Waals surface area contributed by atoms with Gasteiger partial charge in [0, 0.05) is 5.69 Å². The van der Waals surface area contributed by atoms with Crippen LogP contribution in [0.2, 0.25) is 0 Å². The van der Waals surface area contributed by atoms with Crippen molar-refractivity contribution in [1.29, 1.82) is 0 Å². The standard InChI is InChI=1S/C10H11NO2/c1-13-10(12)9-4-6-2-3-7(11)5-8(6)9/h2-3,5,9H,4,11H2,1H3. The Morgan fingerprint density at radius 1 is 1.62 bits per heavy atom. The highest BCUT2D eigenvalue weighted by atomic mass is 16.5. The third kappa shape index (κ3) is 1.16. The highest BCUT2D eigenvalue weighted by Crippen LogP contribution is 2.36. The number of carbonyl (C=O) groups excluding carboxylic acids is 1. The van der Waals surface area contributed by atoms with E-state index in [1.807, 2.05) is 18.2 Å². The smallest absolute Gasteiger partial charge is 0.313 e. The van der Waals surface area contributed by atoms with Gasteiger partial charge >= 0.3 is 5.97 Å². The van der Waals surface area contributed by atoms with Crippen LogP contribution in [0.4, 0.5) is 5.69 Å². The van der Waals surface area contributed by atoms with E-state index in [0.29, 0.717) is 5.69 Å². The molecule has 0 radical (unpaired) electrons. The van der Waals surface area contributed by atoms with Gasteiger partial charge in [-0.05, 0) is 29.7 Å².